The Bertz CT molecular complexity index is 814. The third kappa shape index (κ3) is 2.32. The van der Waals surface area contributed by atoms with Gasteiger partial charge in [-0.25, -0.2) is 4.98 Å². The van der Waals surface area contributed by atoms with Gasteiger partial charge in [0.05, 0.1) is 23.2 Å². The van der Waals surface area contributed by atoms with E-state index in [0.29, 0.717) is 11.4 Å². The summed E-state index contributed by atoms with van der Waals surface area (Å²) in [5.41, 5.74) is 3.41. The zero-order chi connectivity index (χ0) is 14.8. The van der Waals surface area contributed by atoms with E-state index in [1.165, 1.54) is 0 Å². The van der Waals surface area contributed by atoms with Gasteiger partial charge in [-0.05, 0) is 36.4 Å². The molecular weight excluding hydrogens is 284 g/mol. The van der Waals surface area contributed by atoms with Gasteiger partial charge in [0.15, 0.2) is 5.82 Å². The second kappa shape index (κ2) is 5.47. The fourth-order valence-electron chi connectivity index (χ4n) is 2.31. The van der Waals surface area contributed by atoms with E-state index in [-0.39, 0.29) is 0 Å². The molecule has 0 fully saturated rings. The maximum Gasteiger partial charge on any atom is 0.156 e. The van der Waals surface area contributed by atoms with Crippen molar-refractivity contribution in [1.29, 1.82) is 5.26 Å². The number of nitrogens with zero attached hydrogens (tertiary/aromatic N) is 4. The van der Waals surface area contributed by atoms with Crippen molar-refractivity contribution in [2.45, 2.75) is 5.88 Å². The number of aromatic nitrogens is 2. The maximum absolute atomic E-state index is 8.86. The number of hydrogen-bond acceptors (Lipinski definition) is 3. The molecule has 1 aromatic carbocycles. The summed E-state index contributed by atoms with van der Waals surface area (Å²) in [4.78, 5) is 6.62. The zero-order valence-electron chi connectivity index (χ0n) is 11.5. The fourth-order valence-corrected chi connectivity index (χ4v) is 2.56. The lowest BCUT2D eigenvalue weighted by Gasteiger charge is -2.18. The van der Waals surface area contributed by atoms with E-state index in [4.69, 9.17) is 16.9 Å². The molecule has 2 heterocycles. The molecule has 21 heavy (non-hydrogen) atoms. The van der Waals surface area contributed by atoms with Crippen LogP contribution in [-0.4, -0.2) is 16.4 Å². The smallest absolute Gasteiger partial charge is 0.156 e. The molecule has 0 radical (unpaired) electrons. The van der Waals surface area contributed by atoms with Crippen molar-refractivity contribution in [3.05, 3.63) is 59.9 Å². The predicted molar refractivity (Wildman–Crippen MR) is 84.0 cm³/mol. The zero-order valence-corrected chi connectivity index (χ0v) is 12.2. The second-order valence-corrected chi connectivity index (χ2v) is 4.93. The topological polar surface area (TPSA) is 44.3 Å². The molecule has 0 unspecified atom stereocenters. The maximum atomic E-state index is 8.86. The Balaban J connectivity index is 2.08. The summed E-state index contributed by atoms with van der Waals surface area (Å²) in [6.07, 6.45) is 1.95. The summed E-state index contributed by atoms with van der Waals surface area (Å²) in [7, 11) is 1.94. The molecular formula is C16H13ClN4. The van der Waals surface area contributed by atoms with Crippen LogP contribution in [0.1, 0.15) is 11.3 Å². The molecule has 0 aliphatic carbocycles. The first-order chi connectivity index (χ1) is 10.2. The van der Waals surface area contributed by atoms with Gasteiger partial charge in [-0.1, -0.05) is 6.07 Å². The van der Waals surface area contributed by atoms with Gasteiger partial charge in [0.1, 0.15) is 5.65 Å². The van der Waals surface area contributed by atoms with Crippen LogP contribution in [0.2, 0.25) is 0 Å². The van der Waals surface area contributed by atoms with E-state index in [0.717, 1.165) is 22.8 Å². The van der Waals surface area contributed by atoms with Crippen LogP contribution >= 0.6 is 11.6 Å². The summed E-state index contributed by atoms with van der Waals surface area (Å²) in [6, 6.07) is 15.4. The first-order valence-electron chi connectivity index (χ1n) is 6.50. The average Bonchev–Trinajstić information content (AvgIpc) is 2.92. The van der Waals surface area contributed by atoms with E-state index in [2.05, 4.69) is 11.1 Å². The molecule has 5 heteroatoms. The molecule has 3 rings (SSSR count). The number of nitriles is 1. The van der Waals surface area contributed by atoms with Crippen LogP contribution in [0.3, 0.4) is 0 Å². The number of imidazole rings is 1. The summed E-state index contributed by atoms with van der Waals surface area (Å²) < 4.78 is 1.99. The van der Waals surface area contributed by atoms with Gasteiger partial charge < -0.3 is 9.30 Å². The summed E-state index contributed by atoms with van der Waals surface area (Å²) in [5.74, 6) is 1.20. The largest absolute Gasteiger partial charge is 0.328 e. The Morgan fingerprint density at radius 2 is 2.00 bits per heavy atom. The molecule has 0 aliphatic rings. The minimum Gasteiger partial charge on any atom is -0.328 e. The van der Waals surface area contributed by atoms with Crippen LogP contribution in [0.5, 0.6) is 0 Å². The molecule has 0 saturated carbocycles. The van der Waals surface area contributed by atoms with Crippen molar-refractivity contribution in [2.75, 3.05) is 11.9 Å². The summed E-state index contributed by atoms with van der Waals surface area (Å²) >= 11 is 6.10. The third-order valence-electron chi connectivity index (χ3n) is 3.44. The summed E-state index contributed by atoms with van der Waals surface area (Å²) in [5, 5.41) is 8.86. The lowest BCUT2D eigenvalue weighted by molar-refractivity contribution is 1.07. The van der Waals surface area contributed by atoms with E-state index in [1.807, 2.05) is 52.9 Å². The highest BCUT2D eigenvalue weighted by Gasteiger charge is 2.15. The Kier molecular flexibility index (Phi) is 3.51. The number of pyridine rings is 1. The van der Waals surface area contributed by atoms with Gasteiger partial charge in [-0.2, -0.15) is 5.26 Å². The Morgan fingerprint density at radius 3 is 2.67 bits per heavy atom. The second-order valence-electron chi connectivity index (χ2n) is 4.66. The quantitative estimate of drug-likeness (QED) is 0.692. The molecule has 0 aliphatic heterocycles. The fraction of sp³-hybridized carbons (Fsp3) is 0.125. The number of benzene rings is 1. The van der Waals surface area contributed by atoms with E-state index >= 15 is 0 Å². The lowest BCUT2D eigenvalue weighted by atomic mass is 10.2. The molecule has 0 amide bonds. The molecule has 0 atom stereocenters. The van der Waals surface area contributed by atoms with Crippen LogP contribution in [0.25, 0.3) is 5.65 Å². The number of hydrogen-bond donors (Lipinski definition) is 0. The van der Waals surface area contributed by atoms with Gasteiger partial charge in [-0.3, -0.25) is 0 Å². The van der Waals surface area contributed by atoms with Crippen LogP contribution in [0.4, 0.5) is 11.5 Å². The molecule has 2 aromatic heterocycles. The van der Waals surface area contributed by atoms with Gasteiger partial charge in [0, 0.05) is 18.9 Å². The molecule has 0 bridgehead atoms. The van der Waals surface area contributed by atoms with Gasteiger partial charge in [-0.15, -0.1) is 11.6 Å². The minimum atomic E-state index is 0.376. The van der Waals surface area contributed by atoms with Crippen molar-refractivity contribution in [3.63, 3.8) is 0 Å². The van der Waals surface area contributed by atoms with Crippen LogP contribution in [0, 0.1) is 11.3 Å². The van der Waals surface area contributed by atoms with Crippen LogP contribution < -0.4 is 4.90 Å². The SMILES string of the molecule is CN(c1ccc(C#N)cc1)c1nc2ccccn2c1CCl. The molecule has 104 valence electrons. The molecule has 0 spiro atoms. The lowest BCUT2D eigenvalue weighted by Crippen LogP contribution is -2.11. The van der Waals surface area contributed by atoms with Crippen molar-refractivity contribution in [3.8, 4) is 6.07 Å². The number of alkyl halides is 1. The first kappa shape index (κ1) is 13.5. The Labute approximate surface area is 127 Å². The van der Waals surface area contributed by atoms with E-state index in [9.17, 15) is 0 Å². The average molecular weight is 297 g/mol. The highest BCUT2D eigenvalue weighted by molar-refractivity contribution is 6.17. The highest BCUT2D eigenvalue weighted by Crippen LogP contribution is 2.28. The predicted octanol–water partition coefficient (Wildman–Crippen LogP) is 3.71. The van der Waals surface area contributed by atoms with Crippen LogP contribution in [0.15, 0.2) is 48.7 Å². The van der Waals surface area contributed by atoms with Crippen molar-refractivity contribution < 1.29 is 0 Å². The number of rotatable bonds is 3. The van der Waals surface area contributed by atoms with Gasteiger partial charge >= 0.3 is 0 Å². The number of anilines is 2. The molecule has 4 nitrogen and oxygen atoms in total. The van der Waals surface area contributed by atoms with E-state index < -0.39 is 0 Å². The van der Waals surface area contributed by atoms with Crippen molar-refractivity contribution in [2.24, 2.45) is 0 Å². The standard InChI is InChI=1S/C16H13ClN4/c1-20(13-7-5-12(11-18)6-8-13)16-14(10-17)21-9-3-2-4-15(21)19-16/h2-9H,10H2,1H3. The third-order valence-corrected chi connectivity index (χ3v) is 3.69. The number of fused-ring (bicyclic) bond motifs is 1. The number of halogens is 1. The highest BCUT2D eigenvalue weighted by atomic mass is 35.5. The molecule has 0 saturated heterocycles. The Morgan fingerprint density at radius 1 is 1.24 bits per heavy atom. The summed E-state index contributed by atoms with van der Waals surface area (Å²) in [6.45, 7) is 0. The van der Waals surface area contributed by atoms with Gasteiger partial charge in [0.25, 0.3) is 0 Å². The van der Waals surface area contributed by atoms with E-state index in [1.54, 1.807) is 12.1 Å². The van der Waals surface area contributed by atoms with Crippen LogP contribution in [-0.2, 0) is 5.88 Å². The molecule has 3 aromatic rings. The minimum absolute atomic E-state index is 0.376. The monoisotopic (exact) mass is 296 g/mol. The first-order valence-corrected chi connectivity index (χ1v) is 7.04. The van der Waals surface area contributed by atoms with Gasteiger partial charge in [0.2, 0.25) is 0 Å². The molecule has 0 N–H and O–H groups in total. The van der Waals surface area contributed by atoms with Crippen molar-refractivity contribution >= 4 is 28.8 Å². The van der Waals surface area contributed by atoms with Crippen molar-refractivity contribution in [1.82, 2.24) is 9.38 Å². The Hall–Kier alpha value is -2.51. The normalized spacial score (nSPS) is 10.5.